The van der Waals surface area contributed by atoms with Crippen LogP contribution in [0.4, 0.5) is 0 Å². The molecule has 0 spiro atoms. The average molecular weight is 338 g/mol. The summed E-state index contributed by atoms with van der Waals surface area (Å²) in [5, 5.41) is 22.8. The minimum absolute atomic E-state index is 0.00361. The molecule has 0 amide bonds. The molecule has 0 aliphatic rings. The fraction of sp³-hybridized carbons (Fsp3) is 0.118. The Morgan fingerprint density at radius 3 is 2.64 bits per heavy atom. The molecule has 3 rings (SSSR count). The highest BCUT2D eigenvalue weighted by Gasteiger charge is 2.15. The van der Waals surface area contributed by atoms with Crippen LogP contribution in [0.15, 0.2) is 47.3 Å². The lowest BCUT2D eigenvalue weighted by Crippen LogP contribution is -2.00. The van der Waals surface area contributed by atoms with Crippen LogP contribution in [0.2, 0.25) is 0 Å². The first kappa shape index (κ1) is 16.3. The molecule has 0 fully saturated rings. The number of hydrogen-bond donors (Lipinski definition) is 2. The van der Waals surface area contributed by atoms with Gasteiger partial charge in [0.15, 0.2) is 5.78 Å². The predicted octanol–water partition coefficient (Wildman–Crippen LogP) is 2.37. The third kappa shape index (κ3) is 3.69. The molecule has 25 heavy (non-hydrogen) atoms. The minimum atomic E-state index is -0.579. The summed E-state index contributed by atoms with van der Waals surface area (Å²) in [6.07, 6.45) is 4.34. The Balaban J connectivity index is 1.80. The molecule has 126 valence electrons. The maximum Gasteiger partial charge on any atom is 0.244 e. The molecular formula is C17H14N4O4. The number of rotatable bonds is 6. The van der Waals surface area contributed by atoms with E-state index in [9.17, 15) is 14.7 Å². The number of hydrogen-bond acceptors (Lipinski definition) is 7. The van der Waals surface area contributed by atoms with Gasteiger partial charge in [0, 0.05) is 23.6 Å². The van der Waals surface area contributed by atoms with Crippen molar-refractivity contribution in [2.45, 2.75) is 13.3 Å². The maximum absolute atomic E-state index is 11.9. The van der Waals surface area contributed by atoms with Crippen LogP contribution in [0.1, 0.15) is 44.6 Å². The van der Waals surface area contributed by atoms with Gasteiger partial charge in [0.05, 0.1) is 11.8 Å². The van der Waals surface area contributed by atoms with Gasteiger partial charge in [-0.05, 0) is 17.7 Å². The Morgan fingerprint density at radius 1 is 1.24 bits per heavy atom. The van der Waals surface area contributed by atoms with Crippen molar-refractivity contribution in [1.82, 2.24) is 20.6 Å². The van der Waals surface area contributed by atoms with Crippen molar-refractivity contribution >= 4 is 17.3 Å². The summed E-state index contributed by atoms with van der Waals surface area (Å²) in [5.41, 5.74) is 2.66. The van der Waals surface area contributed by atoms with E-state index in [2.05, 4.69) is 20.6 Å². The lowest BCUT2D eigenvalue weighted by atomic mass is 10.0. The van der Waals surface area contributed by atoms with Gasteiger partial charge in [0.2, 0.25) is 11.6 Å². The molecule has 8 nitrogen and oxygen atoms in total. The van der Waals surface area contributed by atoms with Crippen molar-refractivity contribution in [3.63, 3.8) is 0 Å². The number of benzene rings is 1. The van der Waals surface area contributed by atoms with E-state index in [0.29, 0.717) is 23.1 Å². The first-order valence-electron chi connectivity index (χ1n) is 7.38. The number of nitrogens with one attached hydrogen (secondary N) is 1. The molecule has 2 aromatic heterocycles. The van der Waals surface area contributed by atoms with E-state index in [-0.39, 0.29) is 17.4 Å². The maximum atomic E-state index is 11.9. The second-order valence-corrected chi connectivity index (χ2v) is 5.37. The SMILES string of the molecule is CC(=O)c1ccc(Cc2cocc2C(O)=CC(=O)c2nn[nH]n2)cc1. The largest absolute Gasteiger partial charge is 0.507 e. The highest BCUT2D eigenvalue weighted by atomic mass is 16.3. The summed E-state index contributed by atoms with van der Waals surface area (Å²) in [6, 6.07) is 7.15. The van der Waals surface area contributed by atoms with Gasteiger partial charge in [-0.15, -0.1) is 10.2 Å². The van der Waals surface area contributed by atoms with Crippen molar-refractivity contribution in [2.75, 3.05) is 0 Å². The van der Waals surface area contributed by atoms with Gasteiger partial charge in [-0.3, -0.25) is 9.59 Å². The fourth-order valence-electron chi connectivity index (χ4n) is 2.30. The first-order valence-corrected chi connectivity index (χ1v) is 7.38. The molecular weight excluding hydrogens is 324 g/mol. The Bertz CT molecular complexity index is 924. The number of aliphatic hydroxyl groups is 1. The number of H-pyrrole nitrogens is 1. The number of furan rings is 1. The second-order valence-electron chi connectivity index (χ2n) is 5.37. The highest BCUT2D eigenvalue weighted by molar-refractivity contribution is 6.05. The van der Waals surface area contributed by atoms with Crippen LogP contribution in [0.3, 0.4) is 0 Å². The van der Waals surface area contributed by atoms with Crippen LogP contribution in [-0.2, 0) is 6.42 Å². The van der Waals surface area contributed by atoms with E-state index in [1.807, 2.05) is 12.1 Å². The molecule has 0 aliphatic carbocycles. The average Bonchev–Trinajstić information content (AvgIpc) is 3.27. The predicted molar refractivity (Wildman–Crippen MR) is 87.1 cm³/mol. The number of aromatic nitrogens is 4. The normalized spacial score (nSPS) is 11.5. The Labute approximate surface area is 142 Å². The van der Waals surface area contributed by atoms with Gasteiger partial charge >= 0.3 is 0 Å². The molecule has 0 saturated heterocycles. The van der Waals surface area contributed by atoms with Crippen molar-refractivity contribution in [3.8, 4) is 0 Å². The van der Waals surface area contributed by atoms with Gasteiger partial charge in [-0.1, -0.05) is 24.3 Å². The quantitative estimate of drug-likeness (QED) is 0.402. The van der Waals surface area contributed by atoms with E-state index in [1.54, 1.807) is 12.1 Å². The standard InChI is InChI=1S/C17H14N4O4/c1-10(22)12-4-2-11(3-5-12)6-13-8-25-9-14(13)15(23)7-16(24)17-18-20-21-19-17/h2-5,7-9,23H,6H2,1H3,(H,18,19,20,21). The van der Waals surface area contributed by atoms with Crippen molar-refractivity contribution in [1.29, 1.82) is 0 Å². The van der Waals surface area contributed by atoms with Crippen LogP contribution < -0.4 is 0 Å². The minimum Gasteiger partial charge on any atom is -0.507 e. The number of aliphatic hydroxyl groups excluding tert-OH is 1. The molecule has 2 N–H and O–H groups in total. The highest BCUT2D eigenvalue weighted by Crippen LogP contribution is 2.22. The lowest BCUT2D eigenvalue weighted by Gasteiger charge is -2.04. The summed E-state index contributed by atoms with van der Waals surface area (Å²) < 4.78 is 5.16. The Kier molecular flexibility index (Phi) is 4.51. The van der Waals surface area contributed by atoms with Crippen LogP contribution in [-0.4, -0.2) is 37.3 Å². The Morgan fingerprint density at radius 2 is 2.00 bits per heavy atom. The summed E-state index contributed by atoms with van der Waals surface area (Å²) >= 11 is 0. The number of Topliss-reactive ketones (excluding diaryl/α,β-unsaturated/α-hetero) is 1. The van der Waals surface area contributed by atoms with E-state index < -0.39 is 5.78 Å². The van der Waals surface area contributed by atoms with Gasteiger partial charge in [-0.25, -0.2) is 0 Å². The zero-order valence-electron chi connectivity index (χ0n) is 13.3. The van der Waals surface area contributed by atoms with Crippen molar-refractivity contribution in [2.24, 2.45) is 0 Å². The van der Waals surface area contributed by atoms with Gasteiger partial charge in [0.1, 0.15) is 12.0 Å². The van der Waals surface area contributed by atoms with Crippen LogP contribution in [0.5, 0.6) is 0 Å². The number of carbonyl (C=O) groups excluding carboxylic acids is 2. The lowest BCUT2D eigenvalue weighted by molar-refractivity contribution is 0.101. The monoisotopic (exact) mass is 338 g/mol. The number of nitrogens with zero attached hydrogens (tertiary/aromatic N) is 3. The third-order valence-electron chi connectivity index (χ3n) is 3.61. The first-order chi connectivity index (χ1) is 12.0. The van der Waals surface area contributed by atoms with Crippen molar-refractivity contribution in [3.05, 3.63) is 70.9 Å². The smallest absolute Gasteiger partial charge is 0.244 e. The summed E-state index contributed by atoms with van der Waals surface area (Å²) in [4.78, 5) is 23.2. The molecule has 2 heterocycles. The van der Waals surface area contributed by atoms with E-state index in [4.69, 9.17) is 4.42 Å². The molecule has 0 bridgehead atoms. The third-order valence-corrected chi connectivity index (χ3v) is 3.61. The van der Waals surface area contributed by atoms with Crippen LogP contribution in [0.25, 0.3) is 5.76 Å². The van der Waals surface area contributed by atoms with Crippen LogP contribution >= 0.6 is 0 Å². The number of carbonyl (C=O) groups is 2. The van der Waals surface area contributed by atoms with E-state index in [0.717, 1.165) is 11.6 Å². The summed E-state index contributed by atoms with van der Waals surface area (Å²) in [5.74, 6) is -0.976. The van der Waals surface area contributed by atoms with E-state index in [1.165, 1.54) is 19.5 Å². The number of aromatic amines is 1. The summed E-state index contributed by atoms with van der Waals surface area (Å²) in [7, 11) is 0. The zero-order chi connectivity index (χ0) is 17.8. The molecule has 0 saturated carbocycles. The van der Waals surface area contributed by atoms with Gasteiger partial charge < -0.3 is 9.52 Å². The zero-order valence-corrected chi connectivity index (χ0v) is 13.3. The molecule has 0 unspecified atom stereocenters. The van der Waals surface area contributed by atoms with Gasteiger partial charge in [-0.2, -0.15) is 5.21 Å². The van der Waals surface area contributed by atoms with Crippen LogP contribution in [0, 0.1) is 0 Å². The molecule has 8 heteroatoms. The molecule has 0 radical (unpaired) electrons. The number of allylic oxidation sites excluding steroid dienone is 1. The number of ketones is 2. The fourth-order valence-corrected chi connectivity index (χ4v) is 2.30. The van der Waals surface area contributed by atoms with Crippen molar-refractivity contribution < 1.29 is 19.1 Å². The molecule has 1 aromatic carbocycles. The molecule has 0 aliphatic heterocycles. The second kappa shape index (κ2) is 6.91. The molecule has 0 atom stereocenters. The summed E-state index contributed by atoms with van der Waals surface area (Å²) in [6.45, 7) is 1.51. The van der Waals surface area contributed by atoms with Gasteiger partial charge in [0.25, 0.3) is 0 Å². The topological polar surface area (TPSA) is 122 Å². The van der Waals surface area contributed by atoms with E-state index >= 15 is 0 Å². The molecule has 3 aromatic rings. The Hall–Kier alpha value is -3.55. The number of tetrazole rings is 1.